The standard InChI is InChI=1S/C10H16BrN3OS/c1-14(2)10(15)13-4-3-12-6-8-5-9(11)16-7-8/h5,7,12H,3-4,6H2,1-2H3,(H,13,15). The molecule has 4 nitrogen and oxygen atoms in total. The zero-order valence-corrected chi connectivity index (χ0v) is 11.8. The Bertz CT molecular complexity index is 341. The molecule has 0 aliphatic rings. The van der Waals surface area contributed by atoms with E-state index in [-0.39, 0.29) is 6.03 Å². The lowest BCUT2D eigenvalue weighted by Crippen LogP contribution is -2.38. The molecule has 0 aliphatic heterocycles. The van der Waals surface area contributed by atoms with E-state index in [0.717, 1.165) is 16.9 Å². The number of hydrogen-bond donors (Lipinski definition) is 2. The fourth-order valence-corrected chi connectivity index (χ4v) is 2.30. The van der Waals surface area contributed by atoms with Gasteiger partial charge in [-0.3, -0.25) is 0 Å². The van der Waals surface area contributed by atoms with Crippen LogP contribution in [-0.4, -0.2) is 38.1 Å². The minimum absolute atomic E-state index is 0.0555. The summed E-state index contributed by atoms with van der Waals surface area (Å²) in [5, 5.41) is 8.16. The number of urea groups is 1. The Morgan fingerprint density at radius 3 is 2.81 bits per heavy atom. The first kappa shape index (κ1) is 13.5. The van der Waals surface area contributed by atoms with E-state index in [1.807, 2.05) is 0 Å². The first-order valence-electron chi connectivity index (χ1n) is 4.98. The Labute approximate surface area is 108 Å². The number of nitrogens with zero attached hydrogens (tertiary/aromatic N) is 1. The second-order valence-corrected chi connectivity index (χ2v) is 5.85. The number of hydrogen-bond acceptors (Lipinski definition) is 3. The minimum atomic E-state index is -0.0555. The second-order valence-electron chi connectivity index (χ2n) is 3.56. The van der Waals surface area contributed by atoms with Gasteiger partial charge in [-0.25, -0.2) is 4.79 Å². The summed E-state index contributed by atoms with van der Waals surface area (Å²) >= 11 is 5.10. The van der Waals surface area contributed by atoms with E-state index in [9.17, 15) is 4.79 Å². The van der Waals surface area contributed by atoms with Gasteiger partial charge in [-0.1, -0.05) is 0 Å². The molecule has 0 radical (unpaired) electrons. The van der Waals surface area contributed by atoms with Crippen molar-refractivity contribution in [3.63, 3.8) is 0 Å². The third-order valence-corrected chi connectivity index (χ3v) is 3.49. The average Bonchev–Trinajstić information content (AvgIpc) is 2.63. The maximum absolute atomic E-state index is 11.2. The molecule has 0 bridgehead atoms. The van der Waals surface area contributed by atoms with Gasteiger partial charge in [-0.05, 0) is 32.9 Å². The summed E-state index contributed by atoms with van der Waals surface area (Å²) in [5.74, 6) is 0. The van der Waals surface area contributed by atoms with E-state index >= 15 is 0 Å². The highest BCUT2D eigenvalue weighted by Gasteiger charge is 2.00. The molecule has 1 heterocycles. The van der Waals surface area contributed by atoms with Crippen molar-refractivity contribution in [3.05, 3.63) is 20.8 Å². The van der Waals surface area contributed by atoms with Crippen LogP contribution in [-0.2, 0) is 6.54 Å². The van der Waals surface area contributed by atoms with E-state index in [1.165, 1.54) is 10.5 Å². The van der Waals surface area contributed by atoms with Gasteiger partial charge in [0.1, 0.15) is 0 Å². The van der Waals surface area contributed by atoms with Gasteiger partial charge in [0.05, 0.1) is 3.79 Å². The van der Waals surface area contributed by atoms with Crippen LogP contribution in [0.4, 0.5) is 4.79 Å². The molecule has 6 heteroatoms. The highest BCUT2D eigenvalue weighted by atomic mass is 79.9. The van der Waals surface area contributed by atoms with Crippen LogP contribution in [0.3, 0.4) is 0 Å². The van der Waals surface area contributed by atoms with Crippen LogP contribution in [0.5, 0.6) is 0 Å². The molecule has 2 N–H and O–H groups in total. The number of nitrogens with one attached hydrogen (secondary N) is 2. The van der Waals surface area contributed by atoms with Crippen molar-refractivity contribution in [2.45, 2.75) is 6.54 Å². The van der Waals surface area contributed by atoms with Gasteiger partial charge in [0, 0.05) is 33.7 Å². The number of carbonyl (C=O) groups excluding carboxylic acids is 1. The van der Waals surface area contributed by atoms with Crippen LogP contribution in [0.15, 0.2) is 15.2 Å². The summed E-state index contributed by atoms with van der Waals surface area (Å²) in [4.78, 5) is 12.7. The van der Waals surface area contributed by atoms with Crippen molar-refractivity contribution in [3.8, 4) is 0 Å². The highest BCUT2D eigenvalue weighted by Crippen LogP contribution is 2.20. The quantitative estimate of drug-likeness (QED) is 0.816. The summed E-state index contributed by atoms with van der Waals surface area (Å²) in [6, 6.07) is 2.04. The lowest BCUT2D eigenvalue weighted by Gasteiger charge is -2.11. The summed E-state index contributed by atoms with van der Waals surface area (Å²) in [6.45, 7) is 2.25. The lowest BCUT2D eigenvalue weighted by atomic mass is 10.3. The molecule has 0 unspecified atom stereocenters. The number of amides is 2. The molecular weight excluding hydrogens is 290 g/mol. The Morgan fingerprint density at radius 2 is 2.25 bits per heavy atom. The van der Waals surface area contributed by atoms with Crippen molar-refractivity contribution in [1.82, 2.24) is 15.5 Å². The van der Waals surface area contributed by atoms with Crippen molar-refractivity contribution in [2.24, 2.45) is 0 Å². The van der Waals surface area contributed by atoms with Crippen molar-refractivity contribution in [2.75, 3.05) is 27.2 Å². The van der Waals surface area contributed by atoms with E-state index in [1.54, 1.807) is 25.4 Å². The van der Waals surface area contributed by atoms with Crippen LogP contribution in [0.1, 0.15) is 5.56 Å². The lowest BCUT2D eigenvalue weighted by molar-refractivity contribution is 0.217. The molecule has 90 valence electrons. The number of halogens is 1. The molecule has 0 atom stereocenters. The number of carbonyl (C=O) groups is 1. The van der Waals surface area contributed by atoms with Crippen LogP contribution in [0.25, 0.3) is 0 Å². The Balaban J connectivity index is 2.06. The first-order valence-corrected chi connectivity index (χ1v) is 6.65. The van der Waals surface area contributed by atoms with Gasteiger partial charge in [-0.15, -0.1) is 11.3 Å². The monoisotopic (exact) mass is 305 g/mol. The summed E-state index contributed by atoms with van der Waals surface area (Å²) < 4.78 is 1.14. The SMILES string of the molecule is CN(C)C(=O)NCCNCc1csc(Br)c1. The zero-order valence-electron chi connectivity index (χ0n) is 9.42. The number of rotatable bonds is 5. The van der Waals surface area contributed by atoms with Crippen molar-refractivity contribution < 1.29 is 4.79 Å². The van der Waals surface area contributed by atoms with Gasteiger partial charge in [0.15, 0.2) is 0 Å². The first-order chi connectivity index (χ1) is 7.59. The molecule has 2 amide bonds. The topological polar surface area (TPSA) is 44.4 Å². The van der Waals surface area contributed by atoms with Crippen LogP contribution < -0.4 is 10.6 Å². The van der Waals surface area contributed by atoms with E-state index in [4.69, 9.17) is 0 Å². The largest absolute Gasteiger partial charge is 0.337 e. The predicted octanol–water partition coefficient (Wildman–Crippen LogP) is 1.87. The maximum Gasteiger partial charge on any atom is 0.316 e. The summed E-state index contributed by atoms with van der Waals surface area (Å²) in [6.07, 6.45) is 0. The Hall–Kier alpha value is -0.590. The molecule has 0 spiro atoms. The third-order valence-electron chi connectivity index (χ3n) is 1.94. The fourth-order valence-electron chi connectivity index (χ4n) is 1.09. The Morgan fingerprint density at radius 1 is 1.50 bits per heavy atom. The highest BCUT2D eigenvalue weighted by molar-refractivity contribution is 9.11. The molecule has 0 aliphatic carbocycles. The molecule has 1 aromatic rings. The fraction of sp³-hybridized carbons (Fsp3) is 0.500. The summed E-state index contributed by atoms with van der Waals surface area (Å²) in [5.41, 5.74) is 1.26. The summed E-state index contributed by atoms with van der Waals surface area (Å²) in [7, 11) is 3.46. The van der Waals surface area contributed by atoms with Gasteiger partial charge in [0.2, 0.25) is 0 Å². The van der Waals surface area contributed by atoms with E-state index < -0.39 is 0 Å². The zero-order chi connectivity index (χ0) is 12.0. The van der Waals surface area contributed by atoms with Crippen LogP contribution in [0, 0.1) is 0 Å². The van der Waals surface area contributed by atoms with Crippen LogP contribution in [0.2, 0.25) is 0 Å². The second kappa shape index (κ2) is 6.88. The molecular formula is C10H16BrN3OS. The normalized spacial score (nSPS) is 10.2. The molecule has 0 saturated carbocycles. The molecule has 16 heavy (non-hydrogen) atoms. The average molecular weight is 306 g/mol. The minimum Gasteiger partial charge on any atom is -0.337 e. The third kappa shape index (κ3) is 4.96. The molecule has 0 fully saturated rings. The van der Waals surface area contributed by atoms with E-state index in [0.29, 0.717) is 6.54 Å². The molecule has 1 aromatic heterocycles. The van der Waals surface area contributed by atoms with Crippen molar-refractivity contribution in [1.29, 1.82) is 0 Å². The van der Waals surface area contributed by atoms with Gasteiger partial charge >= 0.3 is 6.03 Å². The van der Waals surface area contributed by atoms with Crippen LogP contribution >= 0.6 is 27.3 Å². The van der Waals surface area contributed by atoms with E-state index in [2.05, 4.69) is 38.0 Å². The Kier molecular flexibility index (Phi) is 5.79. The predicted molar refractivity (Wildman–Crippen MR) is 70.8 cm³/mol. The molecule has 0 saturated heterocycles. The van der Waals surface area contributed by atoms with Gasteiger partial charge in [-0.2, -0.15) is 0 Å². The maximum atomic E-state index is 11.2. The molecule has 1 rings (SSSR count). The van der Waals surface area contributed by atoms with Gasteiger partial charge in [0.25, 0.3) is 0 Å². The number of thiophene rings is 1. The molecule has 0 aromatic carbocycles. The van der Waals surface area contributed by atoms with Crippen molar-refractivity contribution >= 4 is 33.3 Å². The van der Waals surface area contributed by atoms with Gasteiger partial charge < -0.3 is 15.5 Å². The smallest absolute Gasteiger partial charge is 0.316 e.